The smallest absolute Gasteiger partial charge is 0.0343 e. The van der Waals surface area contributed by atoms with E-state index in [4.69, 9.17) is 0 Å². The fraction of sp³-hybridized carbons (Fsp3) is 0.250. The van der Waals surface area contributed by atoms with Crippen LogP contribution in [0.25, 0.3) is 0 Å². The van der Waals surface area contributed by atoms with Crippen LogP contribution in [0.2, 0.25) is 0 Å². The van der Waals surface area contributed by atoms with Crippen LogP contribution in [-0.2, 0) is 0 Å². The van der Waals surface area contributed by atoms with Crippen molar-refractivity contribution in [3.05, 3.63) is 36.8 Å². The van der Waals surface area contributed by atoms with Crippen LogP contribution in [0.5, 0.6) is 0 Å². The summed E-state index contributed by atoms with van der Waals surface area (Å²) in [5.74, 6) is 5.53. The summed E-state index contributed by atoms with van der Waals surface area (Å²) in [5, 5.41) is 3.29. The summed E-state index contributed by atoms with van der Waals surface area (Å²) in [6, 6.07) is 8.31. The molecule has 0 saturated carbocycles. The second-order valence-corrected chi connectivity index (χ2v) is 2.90. The SMILES string of the molecule is [CH2]C#CCCNc1cccc(C)c1. The normalized spacial score (nSPS) is 8.77. The molecular formula is C12H14N. The molecule has 0 fully saturated rings. The van der Waals surface area contributed by atoms with Gasteiger partial charge in [-0.15, -0.1) is 11.8 Å². The Balaban J connectivity index is 2.39. The summed E-state index contributed by atoms with van der Waals surface area (Å²) in [5.41, 5.74) is 2.43. The lowest BCUT2D eigenvalue weighted by atomic mass is 10.2. The number of benzene rings is 1. The molecule has 13 heavy (non-hydrogen) atoms. The largest absolute Gasteiger partial charge is 0.384 e. The Kier molecular flexibility index (Phi) is 3.92. The minimum atomic E-state index is 0.845. The minimum Gasteiger partial charge on any atom is -0.384 e. The quantitative estimate of drug-likeness (QED) is 0.546. The van der Waals surface area contributed by atoms with Gasteiger partial charge >= 0.3 is 0 Å². The lowest BCUT2D eigenvalue weighted by molar-refractivity contribution is 1.10. The van der Waals surface area contributed by atoms with Gasteiger partial charge in [0, 0.05) is 25.6 Å². The van der Waals surface area contributed by atoms with E-state index >= 15 is 0 Å². The molecule has 0 heterocycles. The molecule has 1 radical (unpaired) electrons. The summed E-state index contributed by atoms with van der Waals surface area (Å²) in [6.45, 7) is 6.42. The number of aryl methyl sites for hydroxylation is 1. The van der Waals surface area contributed by atoms with Crippen LogP contribution in [0, 0.1) is 25.7 Å². The van der Waals surface area contributed by atoms with Gasteiger partial charge in [-0.05, 0) is 24.6 Å². The van der Waals surface area contributed by atoms with Crippen molar-refractivity contribution in [2.24, 2.45) is 0 Å². The minimum absolute atomic E-state index is 0.845. The molecule has 0 unspecified atom stereocenters. The predicted molar refractivity (Wildman–Crippen MR) is 57.4 cm³/mol. The lowest BCUT2D eigenvalue weighted by Crippen LogP contribution is -1.99. The molecule has 0 spiro atoms. The molecule has 1 rings (SSSR count). The van der Waals surface area contributed by atoms with Crippen LogP contribution in [0.1, 0.15) is 12.0 Å². The molecule has 0 aliphatic rings. The van der Waals surface area contributed by atoms with Gasteiger partial charge in [-0.1, -0.05) is 12.1 Å². The zero-order chi connectivity index (χ0) is 9.52. The van der Waals surface area contributed by atoms with Crippen molar-refractivity contribution >= 4 is 5.69 Å². The number of rotatable bonds is 3. The number of hydrogen-bond donors (Lipinski definition) is 1. The van der Waals surface area contributed by atoms with Gasteiger partial charge in [-0.2, -0.15) is 0 Å². The van der Waals surface area contributed by atoms with Gasteiger partial charge in [0.05, 0.1) is 0 Å². The Bertz CT molecular complexity index is 317. The molecule has 0 amide bonds. The van der Waals surface area contributed by atoms with E-state index in [0.717, 1.165) is 18.7 Å². The number of nitrogens with one attached hydrogen (secondary N) is 1. The Labute approximate surface area is 80.2 Å². The van der Waals surface area contributed by atoms with Crippen LogP contribution in [0.3, 0.4) is 0 Å². The maximum atomic E-state index is 3.46. The molecule has 0 aliphatic heterocycles. The van der Waals surface area contributed by atoms with E-state index in [0.29, 0.717) is 0 Å². The molecule has 0 saturated heterocycles. The van der Waals surface area contributed by atoms with Crippen LogP contribution >= 0.6 is 0 Å². The summed E-state index contributed by atoms with van der Waals surface area (Å²) in [6.07, 6.45) is 0.845. The van der Waals surface area contributed by atoms with Crippen molar-refractivity contribution in [3.63, 3.8) is 0 Å². The fourth-order valence-electron chi connectivity index (χ4n) is 1.11. The molecule has 1 nitrogen and oxygen atoms in total. The van der Waals surface area contributed by atoms with Gasteiger partial charge in [0.1, 0.15) is 0 Å². The van der Waals surface area contributed by atoms with Crippen molar-refractivity contribution < 1.29 is 0 Å². The van der Waals surface area contributed by atoms with E-state index in [1.54, 1.807) is 0 Å². The molecule has 1 aromatic carbocycles. The average Bonchev–Trinajstić information content (AvgIpc) is 2.13. The van der Waals surface area contributed by atoms with Gasteiger partial charge in [0.2, 0.25) is 0 Å². The topological polar surface area (TPSA) is 12.0 Å². The van der Waals surface area contributed by atoms with E-state index in [2.05, 4.69) is 49.2 Å². The Morgan fingerprint density at radius 1 is 1.46 bits per heavy atom. The van der Waals surface area contributed by atoms with E-state index < -0.39 is 0 Å². The van der Waals surface area contributed by atoms with Gasteiger partial charge in [-0.3, -0.25) is 0 Å². The molecule has 0 aromatic heterocycles. The molecule has 1 aromatic rings. The lowest BCUT2D eigenvalue weighted by Gasteiger charge is -2.03. The van der Waals surface area contributed by atoms with E-state index in [1.807, 2.05) is 6.07 Å². The van der Waals surface area contributed by atoms with E-state index in [9.17, 15) is 0 Å². The third kappa shape index (κ3) is 3.66. The number of anilines is 1. The second kappa shape index (κ2) is 5.27. The Morgan fingerprint density at radius 3 is 3.00 bits per heavy atom. The summed E-state index contributed by atoms with van der Waals surface area (Å²) < 4.78 is 0. The highest BCUT2D eigenvalue weighted by molar-refractivity contribution is 5.45. The zero-order valence-corrected chi connectivity index (χ0v) is 7.93. The summed E-state index contributed by atoms with van der Waals surface area (Å²) in [4.78, 5) is 0. The molecule has 1 N–H and O–H groups in total. The third-order valence-corrected chi connectivity index (χ3v) is 1.72. The first-order chi connectivity index (χ1) is 6.33. The van der Waals surface area contributed by atoms with Crippen LogP contribution in [0.15, 0.2) is 24.3 Å². The monoisotopic (exact) mass is 172 g/mol. The molecular weight excluding hydrogens is 158 g/mol. The van der Waals surface area contributed by atoms with Crippen molar-refractivity contribution in [1.82, 2.24) is 0 Å². The highest BCUT2D eigenvalue weighted by atomic mass is 14.9. The van der Waals surface area contributed by atoms with Gasteiger partial charge in [0.15, 0.2) is 0 Å². The summed E-state index contributed by atoms with van der Waals surface area (Å²) in [7, 11) is 0. The first-order valence-corrected chi connectivity index (χ1v) is 4.38. The number of hydrogen-bond acceptors (Lipinski definition) is 1. The van der Waals surface area contributed by atoms with Gasteiger partial charge in [0.25, 0.3) is 0 Å². The maximum absolute atomic E-state index is 3.46. The van der Waals surface area contributed by atoms with Crippen molar-refractivity contribution in [2.45, 2.75) is 13.3 Å². The predicted octanol–water partition coefficient (Wildman–Crippen LogP) is 2.63. The summed E-state index contributed by atoms with van der Waals surface area (Å²) >= 11 is 0. The van der Waals surface area contributed by atoms with E-state index in [1.165, 1.54) is 5.56 Å². The first-order valence-electron chi connectivity index (χ1n) is 4.38. The van der Waals surface area contributed by atoms with Crippen molar-refractivity contribution in [2.75, 3.05) is 11.9 Å². The van der Waals surface area contributed by atoms with Crippen LogP contribution in [-0.4, -0.2) is 6.54 Å². The Hall–Kier alpha value is -1.42. The van der Waals surface area contributed by atoms with Crippen LogP contribution < -0.4 is 5.32 Å². The van der Waals surface area contributed by atoms with Crippen LogP contribution in [0.4, 0.5) is 5.69 Å². The molecule has 1 heteroatoms. The van der Waals surface area contributed by atoms with Crippen molar-refractivity contribution in [3.8, 4) is 11.8 Å². The average molecular weight is 172 g/mol. The molecule has 0 atom stereocenters. The molecule has 0 bridgehead atoms. The highest BCUT2D eigenvalue weighted by Gasteiger charge is 1.89. The maximum Gasteiger partial charge on any atom is 0.0343 e. The zero-order valence-electron chi connectivity index (χ0n) is 7.93. The van der Waals surface area contributed by atoms with Crippen molar-refractivity contribution in [1.29, 1.82) is 0 Å². The molecule has 67 valence electrons. The third-order valence-electron chi connectivity index (χ3n) is 1.72. The van der Waals surface area contributed by atoms with Gasteiger partial charge < -0.3 is 5.32 Å². The fourth-order valence-corrected chi connectivity index (χ4v) is 1.11. The highest BCUT2D eigenvalue weighted by Crippen LogP contribution is 2.08. The standard InChI is InChI=1S/C12H14N/c1-3-4-5-9-13-12-8-6-7-11(2)10-12/h6-8,10,13H,1,5,9H2,2H3. The van der Waals surface area contributed by atoms with Gasteiger partial charge in [-0.25, -0.2) is 0 Å². The Morgan fingerprint density at radius 2 is 2.31 bits per heavy atom. The second-order valence-electron chi connectivity index (χ2n) is 2.90. The first kappa shape index (κ1) is 9.67. The molecule has 0 aliphatic carbocycles. The van der Waals surface area contributed by atoms with E-state index in [-0.39, 0.29) is 0 Å².